The highest BCUT2D eigenvalue weighted by atomic mass is 32.2. The monoisotopic (exact) mass is 463 g/mol. The number of hydrogen-bond acceptors (Lipinski definition) is 5. The first-order chi connectivity index (χ1) is 15.4. The standard InChI is InChI=1S/C25H21NO4S2/c1-3-30-18-10-14-20(15-11-18)32(28,29)26-23-16-24(31-19-12-8-17(2)9-13-19)25(27)22-7-5-4-6-21(22)23/h4-16H,3H2,1-2H3/b26-23-. The van der Waals surface area contributed by atoms with Crippen LogP contribution in [-0.4, -0.2) is 26.5 Å². The number of hydrogen-bond donors (Lipinski definition) is 0. The lowest BCUT2D eigenvalue weighted by molar-refractivity contribution is 0.104. The number of carbonyl (C=O) groups excluding carboxylic acids is 1. The maximum atomic E-state index is 13.1. The molecule has 0 atom stereocenters. The molecule has 5 nitrogen and oxygen atoms in total. The van der Waals surface area contributed by atoms with Gasteiger partial charge in [-0.25, -0.2) is 0 Å². The molecular formula is C25H21NO4S2. The van der Waals surface area contributed by atoms with E-state index in [-0.39, 0.29) is 16.4 Å². The van der Waals surface area contributed by atoms with Crippen molar-refractivity contribution in [2.45, 2.75) is 23.6 Å². The molecule has 0 heterocycles. The fraction of sp³-hybridized carbons (Fsp3) is 0.120. The second-order valence-corrected chi connectivity index (χ2v) is 9.87. The van der Waals surface area contributed by atoms with E-state index in [1.54, 1.807) is 42.5 Å². The lowest BCUT2D eigenvalue weighted by Crippen LogP contribution is -2.17. The number of sulfonamides is 1. The Morgan fingerprint density at radius 2 is 1.56 bits per heavy atom. The molecule has 7 heteroatoms. The zero-order valence-electron chi connectivity index (χ0n) is 17.6. The zero-order chi connectivity index (χ0) is 22.7. The molecule has 32 heavy (non-hydrogen) atoms. The number of carbonyl (C=O) groups is 1. The number of ether oxygens (including phenoxy) is 1. The molecule has 0 aromatic heterocycles. The summed E-state index contributed by atoms with van der Waals surface area (Å²) in [4.78, 5) is 14.4. The van der Waals surface area contributed by atoms with Gasteiger partial charge < -0.3 is 4.74 Å². The van der Waals surface area contributed by atoms with Gasteiger partial charge in [0.05, 0.1) is 22.1 Å². The number of ketones is 1. The van der Waals surface area contributed by atoms with E-state index in [0.717, 1.165) is 10.5 Å². The molecule has 0 N–H and O–H groups in total. The Balaban J connectivity index is 1.75. The molecule has 0 saturated heterocycles. The van der Waals surface area contributed by atoms with Crippen molar-refractivity contribution in [1.82, 2.24) is 0 Å². The molecule has 0 fully saturated rings. The molecular weight excluding hydrogens is 442 g/mol. The van der Waals surface area contributed by atoms with Crippen LogP contribution in [0.3, 0.4) is 0 Å². The molecule has 4 rings (SSSR count). The Morgan fingerprint density at radius 1 is 0.906 bits per heavy atom. The van der Waals surface area contributed by atoms with Crippen LogP contribution in [0.5, 0.6) is 5.75 Å². The average molecular weight is 464 g/mol. The predicted octanol–water partition coefficient (Wildman–Crippen LogP) is 5.44. The smallest absolute Gasteiger partial charge is 0.282 e. The topological polar surface area (TPSA) is 72.8 Å². The average Bonchev–Trinajstić information content (AvgIpc) is 2.79. The van der Waals surface area contributed by atoms with Crippen LogP contribution >= 0.6 is 11.8 Å². The summed E-state index contributed by atoms with van der Waals surface area (Å²) < 4.78 is 35.5. The van der Waals surface area contributed by atoms with Crippen LogP contribution in [0.25, 0.3) is 0 Å². The van der Waals surface area contributed by atoms with Crippen molar-refractivity contribution >= 4 is 33.3 Å². The van der Waals surface area contributed by atoms with Crippen molar-refractivity contribution in [2.24, 2.45) is 4.40 Å². The van der Waals surface area contributed by atoms with E-state index in [0.29, 0.717) is 28.4 Å². The summed E-state index contributed by atoms with van der Waals surface area (Å²) >= 11 is 1.30. The Bertz CT molecular complexity index is 1320. The van der Waals surface area contributed by atoms with Crippen LogP contribution in [0, 0.1) is 6.92 Å². The van der Waals surface area contributed by atoms with Crippen molar-refractivity contribution in [3.05, 3.63) is 100 Å². The minimum atomic E-state index is -3.99. The number of rotatable bonds is 6. The van der Waals surface area contributed by atoms with Crippen LogP contribution in [0.4, 0.5) is 0 Å². The summed E-state index contributed by atoms with van der Waals surface area (Å²) in [6, 6.07) is 20.9. The Labute approximate surface area is 191 Å². The fourth-order valence-electron chi connectivity index (χ4n) is 3.25. The number of fused-ring (bicyclic) bond motifs is 1. The van der Waals surface area contributed by atoms with Gasteiger partial charge in [-0.15, -0.1) is 0 Å². The van der Waals surface area contributed by atoms with E-state index in [4.69, 9.17) is 4.74 Å². The van der Waals surface area contributed by atoms with Gasteiger partial charge in [0, 0.05) is 16.0 Å². The summed E-state index contributed by atoms with van der Waals surface area (Å²) in [5.74, 6) is 0.438. The van der Waals surface area contributed by atoms with Crippen LogP contribution < -0.4 is 4.74 Å². The van der Waals surface area contributed by atoms with E-state index in [2.05, 4.69) is 4.40 Å². The second-order valence-electron chi connectivity index (χ2n) is 7.15. The van der Waals surface area contributed by atoms with Crippen molar-refractivity contribution in [3.63, 3.8) is 0 Å². The van der Waals surface area contributed by atoms with Gasteiger partial charge in [-0.3, -0.25) is 4.79 Å². The summed E-state index contributed by atoms with van der Waals surface area (Å²) in [7, 11) is -3.99. The Hall–Kier alpha value is -3.16. The number of Topliss-reactive ketones (excluding diaryl/α,β-unsaturated/α-hetero) is 1. The summed E-state index contributed by atoms with van der Waals surface area (Å²) in [6.07, 6.45) is 1.56. The van der Waals surface area contributed by atoms with Crippen molar-refractivity contribution in [3.8, 4) is 5.75 Å². The van der Waals surface area contributed by atoms with Gasteiger partial charge >= 0.3 is 0 Å². The van der Waals surface area contributed by atoms with Gasteiger partial charge in [-0.05, 0) is 56.3 Å². The molecule has 1 aliphatic rings. The van der Waals surface area contributed by atoms with E-state index in [9.17, 15) is 13.2 Å². The maximum Gasteiger partial charge on any atom is 0.282 e. The summed E-state index contributed by atoms with van der Waals surface area (Å²) in [6.45, 7) is 4.34. The van der Waals surface area contributed by atoms with Gasteiger partial charge in [0.1, 0.15) is 5.75 Å². The van der Waals surface area contributed by atoms with Crippen molar-refractivity contribution < 1.29 is 17.9 Å². The van der Waals surface area contributed by atoms with Crippen molar-refractivity contribution in [1.29, 1.82) is 0 Å². The summed E-state index contributed by atoms with van der Waals surface area (Å²) in [5, 5.41) is 0. The molecule has 0 radical (unpaired) electrons. The van der Waals surface area contributed by atoms with Gasteiger partial charge in [-0.2, -0.15) is 12.8 Å². The quantitative estimate of drug-likeness (QED) is 0.486. The van der Waals surface area contributed by atoms with Gasteiger partial charge in [-0.1, -0.05) is 53.7 Å². The third kappa shape index (κ3) is 4.69. The number of aryl methyl sites for hydroxylation is 1. The molecule has 0 unspecified atom stereocenters. The molecule has 0 bridgehead atoms. The maximum absolute atomic E-state index is 13.1. The first kappa shape index (κ1) is 22.0. The Morgan fingerprint density at radius 3 is 2.22 bits per heavy atom. The molecule has 3 aromatic rings. The zero-order valence-corrected chi connectivity index (χ0v) is 19.2. The molecule has 3 aromatic carbocycles. The van der Waals surface area contributed by atoms with Crippen LogP contribution in [-0.2, 0) is 10.0 Å². The molecule has 1 aliphatic carbocycles. The molecule has 0 spiro atoms. The number of allylic oxidation sites excluding steroid dienone is 2. The first-order valence-corrected chi connectivity index (χ1v) is 12.3. The molecule has 0 amide bonds. The third-order valence-corrected chi connectivity index (χ3v) is 7.18. The first-order valence-electron chi connectivity index (χ1n) is 10.1. The minimum absolute atomic E-state index is 0.0592. The molecule has 0 saturated carbocycles. The Kier molecular flexibility index (Phi) is 6.30. The van der Waals surface area contributed by atoms with Crippen LogP contribution in [0.1, 0.15) is 28.4 Å². The van der Waals surface area contributed by atoms with Gasteiger partial charge in [0.25, 0.3) is 10.0 Å². The van der Waals surface area contributed by atoms with Gasteiger partial charge in [0.2, 0.25) is 0 Å². The number of benzene rings is 3. The van der Waals surface area contributed by atoms with Gasteiger partial charge in [0.15, 0.2) is 5.78 Å². The molecule has 0 aliphatic heterocycles. The highest BCUT2D eigenvalue weighted by Gasteiger charge is 2.26. The van der Waals surface area contributed by atoms with Crippen LogP contribution in [0.15, 0.2) is 98.0 Å². The lowest BCUT2D eigenvalue weighted by atomic mass is 9.94. The second kappa shape index (κ2) is 9.14. The number of nitrogens with zero attached hydrogens (tertiary/aromatic N) is 1. The van der Waals surface area contributed by atoms with Crippen LogP contribution in [0.2, 0.25) is 0 Å². The largest absolute Gasteiger partial charge is 0.494 e. The third-order valence-electron chi connectivity index (χ3n) is 4.84. The minimum Gasteiger partial charge on any atom is -0.494 e. The SMILES string of the molecule is CCOc1ccc(S(=O)(=O)/N=C2/C=C(Sc3ccc(C)cc3)C(=O)c3ccccc32)cc1. The van der Waals surface area contributed by atoms with E-state index in [1.807, 2.05) is 38.1 Å². The van der Waals surface area contributed by atoms with E-state index < -0.39 is 10.0 Å². The summed E-state index contributed by atoms with van der Waals surface area (Å²) in [5.41, 5.74) is 2.29. The predicted molar refractivity (Wildman–Crippen MR) is 127 cm³/mol. The fourth-order valence-corrected chi connectivity index (χ4v) is 5.14. The molecule has 162 valence electrons. The highest BCUT2D eigenvalue weighted by molar-refractivity contribution is 8.04. The van der Waals surface area contributed by atoms with E-state index in [1.165, 1.54) is 23.9 Å². The highest BCUT2D eigenvalue weighted by Crippen LogP contribution is 2.34. The van der Waals surface area contributed by atoms with E-state index >= 15 is 0 Å². The van der Waals surface area contributed by atoms with Crippen molar-refractivity contribution in [2.75, 3.05) is 6.61 Å². The normalized spacial score (nSPS) is 14.8. The lowest BCUT2D eigenvalue weighted by Gasteiger charge is -2.17. The number of thioether (sulfide) groups is 1.